The molecule has 0 unspecified atom stereocenters. The Kier molecular flexibility index (Phi) is 8.98. The first-order valence-electron chi connectivity index (χ1n) is 9.93. The molecule has 1 amide bonds. The Labute approximate surface area is 153 Å². The van der Waals surface area contributed by atoms with Crippen LogP contribution in [0.15, 0.2) is 24.3 Å². The normalized spacial score (nSPS) is 16.1. The van der Waals surface area contributed by atoms with Crippen molar-refractivity contribution < 1.29 is 4.79 Å². The number of carbonyl (C=O) groups is 1. The Hall–Kier alpha value is -1.39. The van der Waals surface area contributed by atoms with E-state index in [-0.39, 0.29) is 5.91 Å². The molecule has 0 bridgehead atoms. The topological polar surface area (TPSA) is 35.6 Å². The number of amides is 1. The van der Waals surface area contributed by atoms with Crippen LogP contribution in [0.25, 0.3) is 0 Å². The Balaban J connectivity index is 1.63. The lowest BCUT2D eigenvalue weighted by Crippen LogP contribution is -2.43. The van der Waals surface area contributed by atoms with Gasteiger partial charge in [-0.3, -0.25) is 9.69 Å². The van der Waals surface area contributed by atoms with Gasteiger partial charge < -0.3 is 10.2 Å². The van der Waals surface area contributed by atoms with E-state index >= 15 is 0 Å². The van der Waals surface area contributed by atoms with Crippen LogP contribution in [-0.4, -0.2) is 48.9 Å². The van der Waals surface area contributed by atoms with Gasteiger partial charge in [0.1, 0.15) is 0 Å². The third-order valence-corrected chi connectivity index (χ3v) is 5.02. The third-order valence-electron chi connectivity index (χ3n) is 5.02. The molecule has 25 heavy (non-hydrogen) atoms. The monoisotopic (exact) mass is 345 g/mol. The lowest BCUT2D eigenvalue weighted by atomic mass is 10.1. The zero-order valence-corrected chi connectivity index (χ0v) is 16.1. The fourth-order valence-corrected chi connectivity index (χ4v) is 3.20. The van der Waals surface area contributed by atoms with Crippen molar-refractivity contribution in [1.29, 1.82) is 0 Å². The molecule has 1 aromatic rings. The van der Waals surface area contributed by atoms with Gasteiger partial charge in [-0.25, -0.2) is 0 Å². The van der Waals surface area contributed by atoms with Gasteiger partial charge in [0.05, 0.1) is 0 Å². The Bertz CT molecular complexity index is 492. The number of nitrogens with one attached hydrogen (secondary N) is 1. The second-order valence-corrected chi connectivity index (χ2v) is 7.34. The highest BCUT2D eigenvalue weighted by Gasteiger charge is 2.13. The van der Waals surface area contributed by atoms with Crippen LogP contribution < -0.4 is 5.32 Å². The summed E-state index contributed by atoms with van der Waals surface area (Å²) >= 11 is 0. The van der Waals surface area contributed by atoms with Crippen LogP contribution in [0, 0.1) is 0 Å². The lowest BCUT2D eigenvalue weighted by Gasteiger charge is -2.32. The highest BCUT2D eigenvalue weighted by Crippen LogP contribution is 2.10. The summed E-state index contributed by atoms with van der Waals surface area (Å²) in [5.41, 5.74) is 2.54. The van der Waals surface area contributed by atoms with Crippen LogP contribution >= 0.6 is 0 Å². The summed E-state index contributed by atoms with van der Waals surface area (Å²) in [7, 11) is 2.19. The molecule has 0 aliphatic carbocycles. The number of nitrogens with zero attached hydrogens (tertiary/aromatic N) is 2. The number of rotatable bonds is 10. The number of hydrogen-bond donors (Lipinski definition) is 1. The summed E-state index contributed by atoms with van der Waals surface area (Å²) in [6.07, 6.45) is 6.61. The standard InChI is InChI=1S/C21H35N3O/c1-3-4-5-6-7-8-21(25)22-17-19-9-11-20(12-10-19)18-24-15-13-23(2)14-16-24/h9-12H,3-8,13-18H2,1-2H3,(H,22,25). The van der Waals surface area contributed by atoms with E-state index in [4.69, 9.17) is 0 Å². The van der Waals surface area contributed by atoms with Crippen LogP contribution in [0.2, 0.25) is 0 Å². The molecule has 0 radical (unpaired) electrons. The molecule has 0 aromatic heterocycles. The third kappa shape index (κ3) is 8.02. The highest BCUT2D eigenvalue weighted by atomic mass is 16.1. The Morgan fingerprint density at radius 1 is 0.960 bits per heavy atom. The first-order chi connectivity index (χ1) is 12.2. The number of unbranched alkanes of at least 4 members (excludes halogenated alkanes) is 4. The first-order valence-corrected chi connectivity index (χ1v) is 9.93. The maximum atomic E-state index is 11.9. The van der Waals surface area contributed by atoms with E-state index < -0.39 is 0 Å². The molecule has 1 aromatic carbocycles. The zero-order valence-electron chi connectivity index (χ0n) is 16.1. The van der Waals surface area contributed by atoms with Gasteiger partial charge in [-0.2, -0.15) is 0 Å². The summed E-state index contributed by atoms with van der Waals surface area (Å²) in [4.78, 5) is 16.8. The number of piperazine rings is 1. The van der Waals surface area contributed by atoms with E-state index in [2.05, 4.69) is 53.4 Å². The fraction of sp³-hybridized carbons (Fsp3) is 0.667. The van der Waals surface area contributed by atoms with Gasteiger partial charge in [0, 0.05) is 45.7 Å². The van der Waals surface area contributed by atoms with Crippen molar-refractivity contribution in [3.63, 3.8) is 0 Å². The molecule has 1 heterocycles. The van der Waals surface area contributed by atoms with Crippen molar-refractivity contribution in [2.45, 2.75) is 58.5 Å². The number of benzene rings is 1. The minimum Gasteiger partial charge on any atom is -0.352 e. The predicted molar refractivity (Wildman–Crippen MR) is 104 cm³/mol. The van der Waals surface area contributed by atoms with Crippen molar-refractivity contribution in [3.05, 3.63) is 35.4 Å². The first kappa shape index (κ1) is 19.9. The van der Waals surface area contributed by atoms with Crippen molar-refractivity contribution in [2.75, 3.05) is 33.2 Å². The van der Waals surface area contributed by atoms with Crippen LogP contribution in [0.1, 0.15) is 56.6 Å². The van der Waals surface area contributed by atoms with E-state index in [1.165, 1.54) is 36.8 Å². The summed E-state index contributed by atoms with van der Waals surface area (Å²) in [5, 5.41) is 3.04. The summed E-state index contributed by atoms with van der Waals surface area (Å²) in [5.74, 6) is 0.179. The summed E-state index contributed by atoms with van der Waals surface area (Å²) < 4.78 is 0. The van der Waals surface area contributed by atoms with Crippen molar-refractivity contribution >= 4 is 5.91 Å². The SMILES string of the molecule is CCCCCCCC(=O)NCc1ccc(CN2CCN(C)CC2)cc1. The lowest BCUT2D eigenvalue weighted by molar-refractivity contribution is -0.121. The van der Waals surface area contributed by atoms with Crippen LogP contribution in [-0.2, 0) is 17.9 Å². The van der Waals surface area contributed by atoms with Crippen molar-refractivity contribution in [2.24, 2.45) is 0 Å². The number of likely N-dealkylation sites (N-methyl/N-ethyl adjacent to an activating group) is 1. The smallest absolute Gasteiger partial charge is 0.220 e. The second-order valence-electron chi connectivity index (χ2n) is 7.34. The molecule has 1 aliphatic rings. The molecule has 1 N–H and O–H groups in total. The maximum absolute atomic E-state index is 11.9. The van der Waals surface area contributed by atoms with Gasteiger partial charge in [0.2, 0.25) is 5.91 Å². The molecule has 0 saturated carbocycles. The number of carbonyl (C=O) groups excluding carboxylic acids is 1. The highest BCUT2D eigenvalue weighted by molar-refractivity contribution is 5.75. The minimum absolute atomic E-state index is 0.179. The van der Waals surface area contributed by atoms with E-state index in [1.54, 1.807) is 0 Å². The van der Waals surface area contributed by atoms with Crippen molar-refractivity contribution in [3.8, 4) is 0 Å². The molecular weight excluding hydrogens is 310 g/mol. The molecule has 1 fully saturated rings. The molecule has 2 rings (SSSR count). The second kappa shape index (κ2) is 11.3. The van der Waals surface area contributed by atoms with E-state index in [0.29, 0.717) is 13.0 Å². The molecule has 1 saturated heterocycles. The van der Waals surface area contributed by atoms with Crippen molar-refractivity contribution in [1.82, 2.24) is 15.1 Å². The van der Waals surface area contributed by atoms with E-state index in [1.807, 2.05) is 0 Å². The van der Waals surface area contributed by atoms with Crippen LogP contribution in [0.5, 0.6) is 0 Å². The molecule has 0 atom stereocenters. The van der Waals surface area contributed by atoms with Crippen LogP contribution in [0.3, 0.4) is 0 Å². The van der Waals surface area contributed by atoms with E-state index in [9.17, 15) is 4.79 Å². The quantitative estimate of drug-likeness (QED) is 0.660. The summed E-state index contributed by atoms with van der Waals surface area (Å²) in [6, 6.07) is 8.69. The van der Waals surface area contributed by atoms with Gasteiger partial charge >= 0.3 is 0 Å². The Morgan fingerprint density at radius 2 is 1.60 bits per heavy atom. The Morgan fingerprint density at radius 3 is 2.28 bits per heavy atom. The molecule has 4 nitrogen and oxygen atoms in total. The fourth-order valence-electron chi connectivity index (χ4n) is 3.20. The van der Waals surface area contributed by atoms with Gasteiger partial charge in [-0.05, 0) is 24.6 Å². The molecule has 140 valence electrons. The average Bonchev–Trinajstić information content (AvgIpc) is 2.63. The minimum atomic E-state index is 0.179. The maximum Gasteiger partial charge on any atom is 0.220 e. The van der Waals surface area contributed by atoms with E-state index in [0.717, 1.165) is 39.1 Å². The van der Waals surface area contributed by atoms with Gasteiger partial charge in [0.15, 0.2) is 0 Å². The largest absolute Gasteiger partial charge is 0.352 e. The molecule has 4 heteroatoms. The van der Waals surface area contributed by atoms with Gasteiger partial charge in [-0.1, -0.05) is 56.9 Å². The summed E-state index contributed by atoms with van der Waals surface area (Å²) in [6.45, 7) is 8.48. The molecule has 1 aliphatic heterocycles. The van der Waals surface area contributed by atoms with Crippen LogP contribution in [0.4, 0.5) is 0 Å². The number of hydrogen-bond acceptors (Lipinski definition) is 3. The molecule has 0 spiro atoms. The predicted octanol–water partition coefficient (Wildman–Crippen LogP) is 3.41. The zero-order chi connectivity index (χ0) is 17.9. The van der Waals surface area contributed by atoms with Gasteiger partial charge in [-0.15, -0.1) is 0 Å². The molecular formula is C21H35N3O. The average molecular weight is 346 g/mol. The van der Waals surface area contributed by atoms with Gasteiger partial charge in [0.25, 0.3) is 0 Å².